The molecule has 0 saturated carbocycles. The highest BCUT2D eigenvalue weighted by molar-refractivity contribution is 8.16. The third kappa shape index (κ3) is 4.30. The summed E-state index contributed by atoms with van der Waals surface area (Å²) in [7, 11) is 2.08. The molecule has 7 heteroatoms. The fraction of sp³-hybridized carbons (Fsp3) is 0.138. The van der Waals surface area contributed by atoms with Gasteiger partial charge in [-0.25, -0.2) is 13.8 Å². The van der Waals surface area contributed by atoms with E-state index in [4.69, 9.17) is 16.6 Å². The maximum Gasteiger partial charge on any atom is 0.174 e. The van der Waals surface area contributed by atoms with Crippen LogP contribution in [0.25, 0.3) is 11.8 Å². The third-order valence-corrected chi connectivity index (χ3v) is 7.65. The summed E-state index contributed by atoms with van der Waals surface area (Å²) in [6.45, 7) is 1.45. The van der Waals surface area contributed by atoms with Crippen molar-refractivity contribution in [2.75, 3.05) is 20.1 Å². The largest absolute Gasteiger partial charge is 0.308 e. The summed E-state index contributed by atoms with van der Waals surface area (Å²) in [6.07, 6.45) is 2.08. The molecule has 0 saturated heterocycles. The molecule has 0 aromatic heterocycles. The number of aliphatic imine (C=N–C) groups is 1. The van der Waals surface area contributed by atoms with E-state index in [1.54, 1.807) is 23.9 Å². The summed E-state index contributed by atoms with van der Waals surface area (Å²) in [6, 6.07) is 20.9. The summed E-state index contributed by atoms with van der Waals surface area (Å²) in [5.74, 6) is -0.523. The van der Waals surface area contributed by atoms with Gasteiger partial charge in [-0.15, -0.1) is 0 Å². The number of halogens is 3. The fourth-order valence-corrected chi connectivity index (χ4v) is 6.01. The molecule has 1 atom stereocenters. The lowest BCUT2D eigenvalue weighted by molar-refractivity contribution is 0.344. The first-order valence-electron chi connectivity index (χ1n) is 11.6. The molecule has 0 aliphatic carbocycles. The van der Waals surface area contributed by atoms with Crippen molar-refractivity contribution in [1.82, 2.24) is 9.80 Å². The Labute approximate surface area is 218 Å². The van der Waals surface area contributed by atoms with Crippen molar-refractivity contribution in [2.45, 2.75) is 6.04 Å². The number of amidine groups is 1. The molecular weight excluding hydrogens is 496 g/mol. The quantitative estimate of drug-likeness (QED) is 0.361. The first kappa shape index (κ1) is 23.2. The SMILES string of the molecule is CN1CC(=Cc2ccc(F)cc2)C2=C(C1)C(c1ccc(F)cc1)N1C(c3ccc(Cl)cc3)=CSC1=N2. The number of hydrogen-bond donors (Lipinski definition) is 0. The van der Waals surface area contributed by atoms with Crippen molar-refractivity contribution in [3.8, 4) is 0 Å². The van der Waals surface area contributed by atoms with Gasteiger partial charge >= 0.3 is 0 Å². The summed E-state index contributed by atoms with van der Waals surface area (Å²) in [5, 5.41) is 3.68. The first-order valence-corrected chi connectivity index (χ1v) is 12.9. The van der Waals surface area contributed by atoms with E-state index >= 15 is 0 Å². The molecule has 0 spiro atoms. The Balaban J connectivity index is 1.50. The van der Waals surface area contributed by atoms with Crippen molar-refractivity contribution < 1.29 is 8.78 Å². The number of nitrogens with zero attached hydrogens (tertiary/aromatic N) is 3. The van der Waals surface area contributed by atoms with Gasteiger partial charge in [-0.1, -0.05) is 59.8 Å². The normalized spacial score (nSPS) is 20.8. The standard InChI is InChI=1S/C29H22ClF2N3S/c1-34-15-21(14-18-2-10-23(31)11-3-18)27-25(16-34)28(20-6-12-24(32)13-7-20)35-26(17-36-29(35)33-27)19-4-8-22(30)9-5-19/h2-14,17,28H,15-16H2,1H3. The van der Waals surface area contributed by atoms with E-state index in [0.717, 1.165) is 57.5 Å². The Bertz CT molecular complexity index is 1440. The zero-order valence-corrected chi connectivity index (χ0v) is 21.0. The first-order chi connectivity index (χ1) is 17.5. The second kappa shape index (κ2) is 9.36. The minimum absolute atomic E-state index is 0.149. The molecule has 3 heterocycles. The predicted molar refractivity (Wildman–Crippen MR) is 144 cm³/mol. The lowest BCUT2D eigenvalue weighted by atomic mass is 9.88. The van der Waals surface area contributed by atoms with E-state index in [9.17, 15) is 8.78 Å². The van der Waals surface area contributed by atoms with Gasteiger partial charge in [-0.2, -0.15) is 0 Å². The molecule has 1 unspecified atom stereocenters. The van der Waals surface area contributed by atoms with Crippen LogP contribution in [0.4, 0.5) is 8.78 Å². The Morgan fingerprint density at radius 1 is 0.917 bits per heavy atom. The zero-order valence-electron chi connectivity index (χ0n) is 19.5. The minimum Gasteiger partial charge on any atom is -0.308 e. The van der Waals surface area contributed by atoms with E-state index < -0.39 is 0 Å². The number of hydrogen-bond acceptors (Lipinski definition) is 4. The monoisotopic (exact) mass is 517 g/mol. The number of fused-ring (bicyclic) bond motifs is 1. The smallest absolute Gasteiger partial charge is 0.174 e. The Morgan fingerprint density at radius 2 is 1.58 bits per heavy atom. The lowest BCUT2D eigenvalue weighted by Gasteiger charge is -2.42. The molecule has 6 rings (SSSR count). The second-order valence-corrected chi connectivity index (χ2v) is 10.4. The van der Waals surface area contributed by atoms with Crippen LogP contribution in [0.2, 0.25) is 5.02 Å². The number of benzene rings is 3. The van der Waals surface area contributed by atoms with Crippen molar-refractivity contribution in [3.05, 3.63) is 128 Å². The summed E-state index contributed by atoms with van der Waals surface area (Å²) in [4.78, 5) is 9.64. The van der Waals surface area contributed by atoms with Crippen molar-refractivity contribution in [3.63, 3.8) is 0 Å². The highest BCUT2D eigenvalue weighted by Gasteiger charge is 2.41. The number of rotatable bonds is 3. The average Bonchev–Trinajstić information content (AvgIpc) is 3.29. The van der Waals surface area contributed by atoms with Crippen LogP contribution < -0.4 is 0 Å². The van der Waals surface area contributed by atoms with Gasteiger partial charge in [0.2, 0.25) is 0 Å². The van der Waals surface area contributed by atoms with Gasteiger partial charge in [-0.3, -0.25) is 4.90 Å². The van der Waals surface area contributed by atoms with Crippen LogP contribution in [-0.2, 0) is 0 Å². The number of thioether (sulfide) groups is 1. The molecular formula is C29H22ClF2N3S. The van der Waals surface area contributed by atoms with E-state index in [1.807, 2.05) is 36.4 Å². The Morgan fingerprint density at radius 3 is 2.28 bits per heavy atom. The molecule has 3 aliphatic rings. The van der Waals surface area contributed by atoms with E-state index in [0.29, 0.717) is 5.02 Å². The highest BCUT2D eigenvalue weighted by atomic mass is 35.5. The fourth-order valence-electron chi connectivity index (χ4n) is 4.96. The molecule has 0 amide bonds. The Hall–Kier alpha value is -3.19. The van der Waals surface area contributed by atoms with Gasteiger partial charge in [0.15, 0.2) is 5.17 Å². The molecule has 0 fully saturated rings. The molecule has 3 aromatic rings. The molecule has 0 radical (unpaired) electrons. The Kier molecular flexibility index (Phi) is 6.04. The third-order valence-electron chi connectivity index (χ3n) is 6.56. The molecule has 0 bridgehead atoms. The van der Waals surface area contributed by atoms with Gasteiger partial charge in [0.1, 0.15) is 11.6 Å². The molecule has 0 N–H and O–H groups in total. The average molecular weight is 518 g/mol. The molecule has 3 aromatic carbocycles. The maximum atomic E-state index is 13.9. The minimum atomic E-state index is -0.264. The summed E-state index contributed by atoms with van der Waals surface area (Å²) < 4.78 is 27.4. The van der Waals surface area contributed by atoms with Crippen LogP contribution in [-0.4, -0.2) is 35.1 Å². The van der Waals surface area contributed by atoms with Gasteiger partial charge in [-0.05, 0) is 77.4 Å². The van der Waals surface area contributed by atoms with Crippen molar-refractivity contribution in [2.24, 2.45) is 4.99 Å². The maximum absolute atomic E-state index is 13.9. The van der Waals surface area contributed by atoms with Crippen molar-refractivity contribution in [1.29, 1.82) is 0 Å². The molecule has 3 nitrogen and oxygen atoms in total. The molecule has 180 valence electrons. The van der Waals surface area contributed by atoms with Gasteiger partial charge < -0.3 is 4.90 Å². The van der Waals surface area contributed by atoms with E-state index in [2.05, 4.69) is 28.3 Å². The van der Waals surface area contributed by atoms with Crippen LogP contribution in [0.15, 0.2) is 100 Å². The van der Waals surface area contributed by atoms with Crippen LogP contribution in [0.5, 0.6) is 0 Å². The van der Waals surface area contributed by atoms with Crippen LogP contribution in [0.1, 0.15) is 22.7 Å². The summed E-state index contributed by atoms with van der Waals surface area (Å²) in [5.41, 5.74) is 7.17. The van der Waals surface area contributed by atoms with Crippen LogP contribution in [0.3, 0.4) is 0 Å². The molecule has 3 aliphatic heterocycles. The molecule has 36 heavy (non-hydrogen) atoms. The van der Waals surface area contributed by atoms with Gasteiger partial charge in [0.25, 0.3) is 0 Å². The van der Waals surface area contributed by atoms with Gasteiger partial charge in [0.05, 0.1) is 17.4 Å². The summed E-state index contributed by atoms with van der Waals surface area (Å²) >= 11 is 7.74. The van der Waals surface area contributed by atoms with Crippen LogP contribution >= 0.6 is 23.4 Å². The zero-order chi connectivity index (χ0) is 24.8. The van der Waals surface area contributed by atoms with Crippen LogP contribution in [0, 0.1) is 11.6 Å². The second-order valence-electron chi connectivity index (χ2n) is 9.11. The van der Waals surface area contributed by atoms with Gasteiger partial charge in [0, 0.05) is 23.5 Å². The lowest BCUT2D eigenvalue weighted by Crippen LogP contribution is -2.40. The predicted octanol–water partition coefficient (Wildman–Crippen LogP) is 7.36. The van der Waals surface area contributed by atoms with Crippen molar-refractivity contribution >= 4 is 40.3 Å². The van der Waals surface area contributed by atoms with E-state index in [-0.39, 0.29) is 17.7 Å². The van der Waals surface area contributed by atoms with E-state index in [1.165, 1.54) is 24.3 Å². The number of likely N-dealkylation sites (N-methyl/N-ethyl adjacent to an activating group) is 1. The highest BCUT2D eigenvalue weighted by Crippen LogP contribution is 2.49. The topological polar surface area (TPSA) is 18.8 Å².